The molecule has 9 heteroatoms. The molecule has 1 unspecified atom stereocenters. The first-order chi connectivity index (χ1) is 16.1. The minimum atomic E-state index is -0.232. The molecular formula is C24H29N7O2. The van der Waals surface area contributed by atoms with Crippen LogP contribution < -0.4 is 10.3 Å². The van der Waals surface area contributed by atoms with Gasteiger partial charge in [0.2, 0.25) is 5.91 Å². The molecule has 5 rings (SSSR count). The zero-order valence-electron chi connectivity index (χ0n) is 18.5. The number of carbonyl (C=O) groups excluding carboxylic acids is 1. The predicted octanol–water partition coefficient (Wildman–Crippen LogP) is 2.05. The zero-order chi connectivity index (χ0) is 22.8. The number of nitrogens with zero attached hydrogens (tertiary/aromatic N) is 5. The van der Waals surface area contributed by atoms with E-state index in [4.69, 9.17) is 5.26 Å². The van der Waals surface area contributed by atoms with Gasteiger partial charge in [-0.3, -0.25) is 9.80 Å². The first-order valence-corrected chi connectivity index (χ1v) is 11.6. The smallest absolute Gasteiger partial charge is 0.236 e. The van der Waals surface area contributed by atoms with E-state index in [1.54, 1.807) is 11.2 Å². The molecule has 3 heterocycles. The highest BCUT2D eigenvalue weighted by atomic mass is 16.3. The fourth-order valence-corrected chi connectivity index (χ4v) is 5.03. The van der Waals surface area contributed by atoms with Crippen LogP contribution in [0.3, 0.4) is 0 Å². The molecule has 1 aliphatic carbocycles. The lowest BCUT2D eigenvalue weighted by molar-refractivity contribution is -0.130. The Morgan fingerprint density at radius 3 is 2.88 bits per heavy atom. The molecule has 0 spiro atoms. The summed E-state index contributed by atoms with van der Waals surface area (Å²) in [5, 5.41) is 21.8. The number of aromatic amines is 1. The minimum Gasteiger partial charge on any atom is -0.393 e. The standard InChI is InChI=1S/C24H29N7O2/c25-8-6-24(33)30-12-10-29(11-13-30)22-3-1-2-20-19(22)15-21(27-20)23-7-9-26-16-31(23)28-17-4-5-18(32)14-17/h1-3,7,9,15-18,23,27-28,32H,4-6,10-14H2/t17-,18-,23?/m0/s1. The number of amides is 1. The molecule has 3 N–H and O–H groups in total. The average Bonchev–Trinajstić information content (AvgIpc) is 3.45. The third-order valence-corrected chi connectivity index (χ3v) is 6.77. The van der Waals surface area contributed by atoms with Crippen molar-refractivity contribution >= 4 is 28.8 Å². The van der Waals surface area contributed by atoms with Crippen molar-refractivity contribution < 1.29 is 9.90 Å². The molecule has 33 heavy (non-hydrogen) atoms. The second-order valence-electron chi connectivity index (χ2n) is 8.92. The third kappa shape index (κ3) is 4.45. The Hall–Kier alpha value is -3.35. The average molecular weight is 448 g/mol. The van der Waals surface area contributed by atoms with E-state index in [1.165, 1.54) is 0 Å². The summed E-state index contributed by atoms with van der Waals surface area (Å²) in [5.74, 6) is -0.0904. The number of piperazine rings is 1. The molecule has 2 fully saturated rings. The van der Waals surface area contributed by atoms with E-state index >= 15 is 0 Å². The van der Waals surface area contributed by atoms with Gasteiger partial charge in [-0.05, 0) is 43.5 Å². The van der Waals surface area contributed by atoms with Crippen LogP contribution in [0.5, 0.6) is 0 Å². The van der Waals surface area contributed by atoms with Gasteiger partial charge >= 0.3 is 0 Å². The van der Waals surface area contributed by atoms with E-state index < -0.39 is 0 Å². The second kappa shape index (κ2) is 9.25. The van der Waals surface area contributed by atoms with Crippen LogP contribution >= 0.6 is 0 Å². The summed E-state index contributed by atoms with van der Waals surface area (Å²) in [6, 6.07) is 10.6. The fourth-order valence-electron chi connectivity index (χ4n) is 5.03. The highest BCUT2D eigenvalue weighted by Crippen LogP contribution is 2.33. The van der Waals surface area contributed by atoms with E-state index in [9.17, 15) is 9.90 Å². The molecule has 1 aromatic carbocycles. The molecule has 9 nitrogen and oxygen atoms in total. The summed E-state index contributed by atoms with van der Waals surface area (Å²) >= 11 is 0. The van der Waals surface area contributed by atoms with Crippen LogP contribution in [0.2, 0.25) is 0 Å². The summed E-state index contributed by atoms with van der Waals surface area (Å²) in [6.45, 7) is 2.73. The molecule has 1 saturated heterocycles. The van der Waals surface area contributed by atoms with Crippen molar-refractivity contribution in [3.8, 4) is 6.07 Å². The summed E-state index contributed by atoms with van der Waals surface area (Å²) < 4.78 is 0. The maximum atomic E-state index is 12.0. The van der Waals surface area contributed by atoms with Crippen LogP contribution in [0, 0.1) is 11.3 Å². The van der Waals surface area contributed by atoms with E-state index in [2.05, 4.69) is 50.6 Å². The lowest BCUT2D eigenvalue weighted by Gasteiger charge is -2.36. The molecule has 1 saturated carbocycles. The summed E-state index contributed by atoms with van der Waals surface area (Å²) in [6.07, 6.45) is 7.91. The topological polar surface area (TPSA) is 111 Å². The lowest BCUT2D eigenvalue weighted by atomic mass is 10.1. The van der Waals surface area contributed by atoms with Gasteiger partial charge in [0.15, 0.2) is 0 Å². The van der Waals surface area contributed by atoms with Crippen LogP contribution in [-0.2, 0) is 4.79 Å². The molecule has 0 radical (unpaired) electrons. The second-order valence-corrected chi connectivity index (χ2v) is 8.92. The Bertz CT molecular complexity index is 1110. The van der Waals surface area contributed by atoms with Gasteiger partial charge in [0.1, 0.15) is 18.8 Å². The van der Waals surface area contributed by atoms with Crippen molar-refractivity contribution in [1.29, 1.82) is 5.26 Å². The van der Waals surface area contributed by atoms with E-state index in [0.717, 1.165) is 54.6 Å². The van der Waals surface area contributed by atoms with Crippen molar-refractivity contribution in [2.24, 2.45) is 4.99 Å². The summed E-state index contributed by atoms with van der Waals surface area (Å²) in [4.78, 5) is 24.0. The number of benzene rings is 1. The van der Waals surface area contributed by atoms with Crippen molar-refractivity contribution in [2.45, 2.75) is 43.9 Å². The maximum Gasteiger partial charge on any atom is 0.236 e. The summed E-state index contributed by atoms with van der Waals surface area (Å²) in [5.41, 5.74) is 6.81. The van der Waals surface area contributed by atoms with Gasteiger partial charge in [0, 0.05) is 60.7 Å². The van der Waals surface area contributed by atoms with Crippen LogP contribution in [0.15, 0.2) is 41.5 Å². The molecule has 2 aromatic rings. The van der Waals surface area contributed by atoms with Crippen LogP contribution in [0.25, 0.3) is 10.9 Å². The minimum absolute atomic E-state index is 0.0269. The number of nitriles is 1. The number of fused-ring (bicyclic) bond motifs is 1. The maximum absolute atomic E-state index is 12.0. The number of hydrazine groups is 1. The van der Waals surface area contributed by atoms with Gasteiger partial charge in [-0.2, -0.15) is 5.26 Å². The number of aliphatic imine (C=N–C) groups is 1. The van der Waals surface area contributed by atoms with E-state index in [0.29, 0.717) is 13.1 Å². The van der Waals surface area contributed by atoms with Gasteiger partial charge in [0.25, 0.3) is 0 Å². The molecule has 0 bridgehead atoms. The number of aliphatic hydroxyl groups excluding tert-OH is 1. The Morgan fingerprint density at radius 1 is 1.27 bits per heavy atom. The fraction of sp³-hybridized carbons (Fsp3) is 0.458. The number of rotatable bonds is 5. The number of hydrogen-bond donors (Lipinski definition) is 3. The monoisotopic (exact) mass is 447 g/mol. The first-order valence-electron chi connectivity index (χ1n) is 11.6. The summed E-state index contributed by atoms with van der Waals surface area (Å²) in [7, 11) is 0. The normalized spacial score (nSPS) is 25.1. The van der Waals surface area contributed by atoms with E-state index in [1.807, 2.05) is 17.3 Å². The number of H-pyrrole nitrogens is 1. The highest BCUT2D eigenvalue weighted by molar-refractivity contribution is 5.93. The Labute approximate surface area is 192 Å². The van der Waals surface area contributed by atoms with Crippen molar-refractivity contribution in [1.82, 2.24) is 20.3 Å². The molecule has 2 aliphatic heterocycles. The predicted molar refractivity (Wildman–Crippen MR) is 126 cm³/mol. The number of anilines is 1. The largest absolute Gasteiger partial charge is 0.393 e. The molecule has 1 aromatic heterocycles. The highest BCUT2D eigenvalue weighted by Gasteiger charge is 2.28. The zero-order valence-corrected chi connectivity index (χ0v) is 18.5. The number of aliphatic hydroxyl groups is 1. The SMILES string of the molecule is N#CCC(=O)N1CCN(c2cccc3[nH]c(C4C=CN=CN4N[C@H]4CC[C@H](O)C4)cc23)CC1. The molecule has 3 atom stereocenters. The number of aromatic nitrogens is 1. The van der Waals surface area contributed by atoms with Gasteiger partial charge < -0.3 is 19.9 Å². The number of carbonyl (C=O) groups is 1. The Balaban J connectivity index is 1.34. The number of nitrogens with one attached hydrogen (secondary N) is 2. The quantitative estimate of drug-likeness (QED) is 0.647. The first kappa shape index (κ1) is 21.5. The van der Waals surface area contributed by atoms with Gasteiger partial charge in [-0.1, -0.05) is 6.07 Å². The molecule has 1 amide bonds. The molecular weight excluding hydrogens is 418 g/mol. The van der Waals surface area contributed by atoms with E-state index in [-0.39, 0.29) is 30.5 Å². The van der Waals surface area contributed by atoms with Crippen LogP contribution in [-0.4, -0.2) is 70.6 Å². The van der Waals surface area contributed by atoms with Crippen molar-refractivity contribution in [3.05, 3.63) is 42.2 Å². The van der Waals surface area contributed by atoms with Crippen molar-refractivity contribution in [3.63, 3.8) is 0 Å². The molecule has 3 aliphatic rings. The van der Waals surface area contributed by atoms with Crippen molar-refractivity contribution in [2.75, 3.05) is 31.1 Å². The third-order valence-electron chi connectivity index (χ3n) is 6.77. The lowest BCUT2D eigenvalue weighted by Crippen LogP contribution is -2.48. The molecule has 172 valence electrons. The van der Waals surface area contributed by atoms with Crippen LogP contribution in [0.4, 0.5) is 5.69 Å². The Morgan fingerprint density at radius 2 is 2.12 bits per heavy atom. The van der Waals surface area contributed by atoms with Gasteiger partial charge in [-0.15, -0.1) is 0 Å². The van der Waals surface area contributed by atoms with Gasteiger partial charge in [-0.25, -0.2) is 10.4 Å². The van der Waals surface area contributed by atoms with Gasteiger partial charge in [0.05, 0.1) is 12.2 Å². The number of hydrogen-bond acceptors (Lipinski definition) is 7. The Kier molecular flexibility index (Phi) is 6.03. The van der Waals surface area contributed by atoms with Crippen LogP contribution in [0.1, 0.15) is 37.4 Å².